The van der Waals surface area contributed by atoms with Crippen LogP contribution in [0.3, 0.4) is 0 Å². The van der Waals surface area contributed by atoms with Crippen LogP contribution in [0.5, 0.6) is 0 Å². The molecule has 0 heterocycles. The van der Waals surface area contributed by atoms with Crippen LogP contribution in [0.25, 0.3) is 0 Å². The molecule has 1 atom stereocenters. The van der Waals surface area contributed by atoms with Crippen LogP contribution >= 0.6 is 0 Å². The topological polar surface area (TPSA) is 119 Å². The lowest BCUT2D eigenvalue weighted by molar-refractivity contribution is -0.357. The first-order chi connectivity index (χ1) is 12.8. The van der Waals surface area contributed by atoms with Gasteiger partial charge in [-0.15, -0.1) is 0 Å². The fourth-order valence-corrected chi connectivity index (χ4v) is 1.92. The summed E-state index contributed by atoms with van der Waals surface area (Å²) in [6.45, 7) is 0.160. The van der Waals surface area contributed by atoms with Crippen LogP contribution in [0.15, 0.2) is 12.4 Å². The summed E-state index contributed by atoms with van der Waals surface area (Å²) in [4.78, 5) is 22.7. The molecule has 0 aliphatic heterocycles. The van der Waals surface area contributed by atoms with Gasteiger partial charge in [-0.2, -0.15) is 35.1 Å². The largest absolute Gasteiger partial charge is 0.743 e. The molecule has 29 heavy (non-hydrogen) atoms. The highest BCUT2D eigenvalue weighted by Crippen LogP contribution is 2.42. The van der Waals surface area contributed by atoms with Gasteiger partial charge in [-0.1, -0.05) is 6.58 Å². The van der Waals surface area contributed by atoms with E-state index in [0.717, 1.165) is 6.92 Å². The van der Waals surface area contributed by atoms with E-state index < -0.39 is 70.7 Å². The summed E-state index contributed by atoms with van der Waals surface area (Å²) in [5, 5.41) is -6.27. The summed E-state index contributed by atoms with van der Waals surface area (Å²) in [7, 11) is -6.96. The standard InChI is InChI=1S/C12H12F8O8S/c1-3-26-8(22)10(11(16,17)18,28-7(21)6(2)13)27-5-4-9(14,15)12(19,20)29(23,24)25/h2-5H2,1H3,(H,23,24,25)/p-1. The maximum absolute atomic E-state index is 13.3. The molecule has 0 fully saturated rings. The molecule has 1 unspecified atom stereocenters. The quantitative estimate of drug-likeness (QED) is 0.157. The lowest BCUT2D eigenvalue weighted by Crippen LogP contribution is -2.59. The van der Waals surface area contributed by atoms with Gasteiger partial charge in [0.05, 0.1) is 13.2 Å². The van der Waals surface area contributed by atoms with E-state index in [2.05, 4.69) is 20.8 Å². The van der Waals surface area contributed by atoms with Crippen LogP contribution in [0.2, 0.25) is 0 Å². The number of carbonyl (C=O) groups is 2. The fourth-order valence-electron chi connectivity index (χ4n) is 1.45. The molecule has 0 aromatic heterocycles. The number of carbonyl (C=O) groups excluding carboxylic acids is 2. The molecule has 0 aliphatic rings. The first-order valence-corrected chi connectivity index (χ1v) is 8.34. The Bertz CT molecular complexity index is 747. The van der Waals surface area contributed by atoms with Gasteiger partial charge in [0.25, 0.3) is 0 Å². The van der Waals surface area contributed by atoms with Gasteiger partial charge < -0.3 is 18.8 Å². The summed E-state index contributed by atoms with van der Waals surface area (Å²) in [5.74, 6) is -18.0. The Labute approximate surface area is 157 Å². The van der Waals surface area contributed by atoms with Crippen LogP contribution < -0.4 is 0 Å². The third kappa shape index (κ3) is 5.75. The number of rotatable bonds is 10. The van der Waals surface area contributed by atoms with Crippen LogP contribution in [0.1, 0.15) is 13.3 Å². The SMILES string of the molecule is C=C(F)C(=O)OC(OCCC(F)(F)C(F)(F)S(=O)(=O)[O-])(C(=O)OCC)C(F)(F)F. The number of alkyl halides is 7. The molecule has 17 heteroatoms. The Balaban J connectivity index is 5.93. The van der Waals surface area contributed by atoms with Gasteiger partial charge in [0.1, 0.15) is 0 Å². The van der Waals surface area contributed by atoms with Gasteiger partial charge in [0.2, 0.25) is 5.83 Å². The zero-order valence-electron chi connectivity index (χ0n) is 14.0. The molecule has 170 valence electrons. The summed E-state index contributed by atoms with van der Waals surface area (Å²) in [6, 6.07) is 0. The van der Waals surface area contributed by atoms with Gasteiger partial charge in [-0.25, -0.2) is 18.0 Å². The van der Waals surface area contributed by atoms with Gasteiger partial charge in [0.15, 0.2) is 10.1 Å². The van der Waals surface area contributed by atoms with Crippen LogP contribution in [-0.4, -0.2) is 61.3 Å². The second-order valence-electron chi connectivity index (χ2n) is 4.90. The first-order valence-electron chi connectivity index (χ1n) is 6.93. The van der Waals surface area contributed by atoms with Crippen molar-refractivity contribution in [1.82, 2.24) is 0 Å². The Morgan fingerprint density at radius 1 is 1.07 bits per heavy atom. The predicted molar refractivity (Wildman–Crippen MR) is 71.9 cm³/mol. The van der Waals surface area contributed by atoms with Gasteiger partial charge in [-0.05, 0) is 6.92 Å². The lowest BCUT2D eigenvalue weighted by atomic mass is 10.2. The highest BCUT2D eigenvalue weighted by Gasteiger charge is 2.69. The highest BCUT2D eigenvalue weighted by molar-refractivity contribution is 7.86. The molecule has 0 aliphatic carbocycles. The smallest absolute Gasteiger partial charge is 0.468 e. The summed E-state index contributed by atoms with van der Waals surface area (Å²) in [5.41, 5.74) is 0. The van der Waals surface area contributed by atoms with E-state index in [1.165, 1.54) is 0 Å². The average Bonchev–Trinajstić information content (AvgIpc) is 2.51. The molecule has 8 nitrogen and oxygen atoms in total. The van der Waals surface area contributed by atoms with E-state index in [1.807, 2.05) is 0 Å². The van der Waals surface area contributed by atoms with Gasteiger partial charge in [-0.3, -0.25) is 0 Å². The molecule has 0 saturated carbocycles. The third-order valence-corrected chi connectivity index (χ3v) is 3.76. The van der Waals surface area contributed by atoms with Crippen LogP contribution in [-0.2, 0) is 33.9 Å². The van der Waals surface area contributed by atoms with Crippen LogP contribution in [0.4, 0.5) is 35.1 Å². The second-order valence-corrected chi connectivity index (χ2v) is 6.32. The number of hydrogen-bond donors (Lipinski definition) is 0. The van der Waals surface area contributed by atoms with E-state index in [9.17, 15) is 57.7 Å². The summed E-state index contributed by atoms with van der Waals surface area (Å²) in [6.07, 6.45) is -8.69. The first kappa shape index (κ1) is 27.0. The van der Waals surface area contributed by atoms with Crippen LogP contribution in [0, 0.1) is 0 Å². The molecule has 0 saturated heterocycles. The molecular weight excluding hydrogens is 456 g/mol. The predicted octanol–water partition coefficient (Wildman–Crippen LogP) is 2.01. The van der Waals surface area contributed by atoms with E-state index in [0.29, 0.717) is 0 Å². The number of esters is 2. The number of halogens is 8. The Hall–Kier alpha value is -2.01. The molecular formula is C12H11F8O8S-. The van der Waals surface area contributed by atoms with Gasteiger partial charge in [0, 0.05) is 6.42 Å². The Morgan fingerprint density at radius 3 is 1.90 bits per heavy atom. The summed E-state index contributed by atoms with van der Waals surface area (Å²) < 4.78 is 147. The molecule has 0 spiro atoms. The van der Waals surface area contributed by atoms with Crippen molar-refractivity contribution in [2.24, 2.45) is 0 Å². The third-order valence-electron chi connectivity index (χ3n) is 2.84. The lowest BCUT2D eigenvalue weighted by Gasteiger charge is -2.33. The maximum Gasteiger partial charge on any atom is 0.468 e. The molecule has 0 aromatic rings. The average molecular weight is 467 g/mol. The summed E-state index contributed by atoms with van der Waals surface area (Å²) >= 11 is 0. The normalized spacial score (nSPS) is 15.4. The zero-order chi connectivity index (χ0) is 23.5. The second kappa shape index (κ2) is 8.78. The minimum absolute atomic E-state index is 0.823. The molecule has 0 bridgehead atoms. The maximum atomic E-state index is 13.3. The van der Waals surface area contributed by atoms with E-state index >= 15 is 0 Å². The molecule has 0 N–H and O–H groups in total. The van der Waals surface area contributed by atoms with Crippen molar-refractivity contribution in [3.05, 3.63) is 12.4 Å². The van der Waals surface area contributed by atoms with E-state index in [4.69, 9.17) is 0 Å². The van der Waals surface area contributed by atoms with Crippen molar-refractivity contribution >= 4 is 22.1 Å². The van der Waals surface area contributed by atoms with Crippen molar-refractivity contribution < 1.29 is 71.9 Å². The van der Waals surface area contributed by atoms with Crippen molar-refractivity contribution in [2.45, 2.75) is 36.5 Å². The number of hydrogen-bond acceptors (Lipinski definition) is 8. The monoisotopic (exact) mass is 467 g/mol. The van der Waals surface area contributed by atoms with Gasteiger partial charge >= 0.3 is 35.1 Å². The van der Waals surface area contributed by atoms with E-state index in [1.54, 1.807) is 0 Å². The van der Waals surface area contributed by atoms with Crippen molar-refractivity contribution in [1.29, 1.82) is 0 Å². The molecule has 0 amide bonds. The van der Waals surface area contributed by atoms with Crippen molar-refractivity contribution in [3.63, 3.8) is 0 Å². The molecule has 0 aromatic carbocycles. The van der Waals surface area contributed by atoms with E-state index in [-0.39, 0.29) is 0 Å². The minimum atomic E-state index is -6.96. The Morgan fingerprint density at radius 2 is 1.55 bits per heavy atom. The fraction of sp³-hybridized carbons (Fsp3) is 0.667. The Kier molecular flexibility index (Phi) is 8.17. The zero-order valence-corrected chi connectivity index (χ0v) is 14.8. The van der Waals surface area contributed by atoms with Crippen molar-refractivity contribution in [2.75, 3.05) is 13.2 Å². The highest BCUT2D eigenvalue weighted by atomic mass is 32.2. The number of ether oxygens (including phenoxy) is 3. The molecule has 0 rings (SSSR count). The minimum Gasteiger partial charge on any atom is -0.743 e. The van der Waals surface area contributed by atoms with Crippen molar-refractivity contribution in [3.8, 4) is 0 Å². The molecule has 0 radical (unpaired) electrons.